The highest BCUT2D eigenvalue weighted by Crippen LogP contribution is 2.18. The molecule has 2 unspecified atom stereocenters. The second-order valence-electron chi connectivity index (χ2n) is 4.13. The topological polar surface area (TPSA) is 165 Å². The van der Waals surface area contributed by atoms with Crippen LogP contribution >= 0.6 is 0 Å². The van der Waals surface area contributed by atoms with Crippen molar-refractivity contribution >= 4 is 29.8 Å². The van der Waals surface area contributed by atoms with Gasteiger partial charge in [-0.05, 0) is 6.92 Å². The number of aliphatic hydroxyl groups excluding tert-OH is 1. The van der Waals surface area contributed by atoms with E-state index in [1.165, 1.54) is 0 Å². The summed E-state index contributed by atoms with van der Waals surface area (Å²) in [6.45, 7) is 1.89. The molecule has 0 aromatic heterocycles. The van der Waals surface area contributed by atoms with E-state index in [-0.39, 0.29) is 0 Å². The molecule has 0 aliphatic carbocycles. The third kappa shape index (κ3) is 6.58. The minimum Gasteiger partial charge on any atom is -0.479 e. The smallest absolute Gasteiger partial charge is 0.342 e. The van der Waals surface area contributed by atoms with Crippen molar-refractivity contribution in [3.8, 4) is 0 Å². The predicted molar refractivity (Wildman–Crippen MR) is 61.4 cm³/mol. The predicted octanol–water partition coefficient (Wildman–Crippen LogP) is -1.88. The summed E-state index contributed by atoms with van der Waals surface area (Å²) >= 11 is 0. The van der Waals surface area contributed by atoms with E-state index < -0.39 is 54.4 Å². The zero-order valence-electron chi connectivity index (χ0n) is 11.2. The van der Waals surface area contributed by atoms with Crippen LogP contribution in [0.1, 0.15) is 26.7 Å². The van der Waals surface area contributed by atoms with E-state index >= 15 is 0 Å². The number of carboxylic acid groups (broad SMARTS) is 1. The fourth-order valence-corrected chi connectivity index (χ4v) is 1.12. The summed E-state index contributed by atoms with van der Waals surface area (Å²) in [5.41, 5.74) is -2.91. The van der Waals surface area contributed by atoms with Crippen LogP contribution in [0.15, 0.2) is 0 Å². The first-order valence-corrected chi connectivity index (χ1v) is 5.57. The molecule has 0 aliphatic rings. The summed E-state index contributed by atoms with van der Waals surface area (Å²) in [4.78, 5) is 54.8. The van der Waals surface area contributed by atoms with Gasteiger partial charge >= 0.3 is 29.8 Å². The van der Waals surface area contributed by atoms with Gasteiger partial charge in [0.2, 0.25) is 0 Å². The van der Waals surface area contributed by atoms with Crippen molar-refractivity contribution in [1.82, 2.24) is 0 Å². The van der Waals surface area contributed by atoms with E-state index in [0.29, 0.717) is 0 Å². The van der Waals surface area contributed by atoms with Crippen LogP contribution < -0.4 is 0 Å². The molecule has 0 saturated carbocycles. The van der Waals surface area contributed by atoms with Crippen LogP contribution in [0.3, 0.4) is 0 Å². The third-order valence-electron chi connectivity index (χ3n) is 2.08. The molecule has 0 aliphatic heterocycles. The quantitative estimate of drug-likeness (QED) is 0.373. The number of hydrogen-bond donors (Lipinski definition) is 3. The molecule has 118 valence electrons. The Morgan fingerprint density at radius 2 is 1.48 bits per heavy atom. The Morgan fingerprint density at radius 3 is 1.81 bits per heavy atom. The van der Waals surface area contributed by atoms with Crippen molar-refractivity contribution < 1.29 is 48.8 Å². The van der Waals surface area contributed by atoms with E-state index in [1.54, 1.807) is 0 Å². The molecule has 0 saturated heterocycles. The van der Waals surface area contributed by atoms with Crippen LogP contribution in [-0.4, -0.2) is 56.9 Å². The number of rotatable bonds is 6. The summed E-state index contributed by atoms with van der Waals surface area (Å²) in [6, 6.07) is 0. The highest BCUT2D eigenvalue weighted by Gasteiger charge is 2.42. The second-order valence-corrected chi connectivity index (χ2v) is 4.13. The Balaban J connectivity index is 4.85. The van der Waals surface area contributed by atoms with Gasteiger partial charge in [0.25, 0.3) is 0 Å². The lowest BCUT2D eigenvalue weighted by atomic mass is 9.96. The normalized spacial score (nSPS) is 14.5. The Kier molecular flexibility index (Phi) is 6.62. The van der Waals surface area contributed by atoms with E-state index in [1.807, 2.05) is 0 Å². The van der Waals surface area contributed by atoms with Crippen molar-refractivity contribution in [3.05, 3.63) is 0 Å². The molecule has 0 heterocycles. The third-order valence-corrected chi connectivity index (χ3v) is 2.08. The van der Waals surface area contributed by atoms with Gasteiger partial charge in [0, 0.05) is 6.92 Å². The Bertz CT molecular complexity index is 466. The fraction of sp³-hybridized carbons (Fsp3) is 0.545. The van der Waals surface area contributed by atoms with Crippen LogP contribution in [-0.2, 0) is 33.4 Å². The molecule has 0 fully saturated rings. The maximum absolute atomic E-state index is 11.3. The zero-order chi connectivity index (χ0) is 16.8. The molecule has 0 radical (unpaired) electrons. The molecular weight excluding hydrogens is 292 g/mol. The summed E-state index contributed by atoms with van der Waals surface area (Å²) in [5.74, 6) is -7.17. The highest BCUT2D eigenvalue weighted by atomic mass is 16.6. The number of aliphatic hydroxyl groups is 2. The number of carbonyl (C=O) groups excluding carboxylic acids is 4. The average molecular weight is 306 g/mol. The van der Waals surface area contributed by atoms with Gasteiger partial charge in [0.15, 0.2) is 5.60 Å². The first kappa shape index (κ1) is 18.7. The van der Waals surface area contributed by atoms with E-state index in [2.05, 4.69) is 9.47 Å². The Morgan fingerprint density at radius 1 is 1.05 bits per heavy atom. The molecule has 2 atom stereocenters. The van der Waals surface area contributed by atoms with Crippen molar-refractivity contribution in [1.29, 1.82) is 0 Å². The highest BCUT2D eigenvalue weighted by molar-refractivity contribution is 5.94. The van der Waals surface area contributed by atoms with Crippen molar-refractivity contribution in [2.24, 2.45) is 0 Å². The molecule has 10 heteroatoms. The molecule has 0 rings (SSSR count). The van der Waals surface area contributed by atoms with Gasteiger partial charge in [0.05, 0.1) is 12.8 Å². The lowest BCUT2D eigenvalue weighted by Gasteiger charge is -2.20. The number of carbonyl (C=O) groups is 5. The van der Waals surface area contributed by atoms with Gasteiger partial charge in [-0.3, -0.25) is 14.4 Å². The monoisotopic (exact) mass is 306 g/mol. The maximum atomic E-state index is 11.3. The zero-order valence-corrected chi connectivity index (χ0v) is 11.2. The minimum absolute atomic E-state index is 0.882. The molecule has 0 aromatic rings. The standard InChI is InChI=1S/C11H14O10/c1-5(12)9(16)21-8(15)4-11(19,10(17)18)3-7(14)20-6(2)13/h5,12,19H,3-4H2,1-2H3,(H,17,18). The largest absolute Gasteiger partial charge is 0.479 e. The van der Waals surface area contributed by atoms with Crippen LogP contribution in [0.5, 0.6) is 0 Å². The summed E-state index contributed by atoms with van der Waals surface area (Å²) < 4.78 is 8.09. The van der Waals surface area contributed by atoms with Crippen LogP contribution in [0.4, 0.5) is 0 Å². The SMILES string of the molecule is CC(=O)OC(=O)CC(O)(CC(=O)OC(=O)C(C)O)C(=O)O. The van der Waals surface area contributed by atoms with Gasteiger partial charge in [-0.25, -0.2) is 9.59 Å². The summed E-state index contributed by atoms with van der Waals surface area (Å²) in [7, 11) is 0. The fourth-order valence-electron chi connectivity index (χ4n) is 1.12. The molecule has 0 amide bonds. The number of ether oxygens (including phenoxy) is 2. The number of aliphatic carboxylic acids is 1. The molecule has 21 heavy (non-hydrogen) atoms. The number of carboxylic acids is 1. The van der Waals surface area contributed by atoms with Gasteiger partial charge in [0.1, 0.15) is 6.10 Å². The van der Waals surface area contributed by atoms with E-state index in [4.69, 9.17) is 10.2 Å². The number of esters is 4. The molecule has 10 nitrogen and oxygen atoms in total. The summed E-state index contributed by atoms with van der Waals surface area (Å²) in [6.07, 6.45) is -4.09. The van der Waals surface area contributed by atoms with Crippen LogP contribution in [0, 0.1) is 0 Å². The van der Waals surface area contributed by atoms with E-state index in [9.17, 15) is 29.1 Å². The van der Waals surface area contributed by atoms with Gasteiger partial charge in [-0.1, -0.05) is 0 Å². The molecule has 0 bridgehead atoms. The Hall–Kier alpha value is -2.33. The average Bonchev–Trinajstić information content (AvgIpc) is 2.26. The molecular formula is C11H14O10. The molecule has 0 spiro atoms. The van der Waals surface area contributed by atoms with Gasteiger partial charge in [-0.15, -0.1) is 0 Å². The lowest BCUT2D eigenvalue weighted by Crippen LogP contribution is -2.44. The molecule has 3 N–H and O–H groups in total. The maximum Gasteiger partial charge on any atom is 0.342 e. The van der Waals surface area contributed by atoms with Crippen molar-refractivity contribution in [2.45, 2.75) is 38.4 Å². The van der Waals surface area contributed by atoms with E-state index in [0.717, 1.165) is 13.8 Å². The summed E-state index contributed by atoms with van der Waals surface area (Å²) in [5, 5.41) is 27.3. The van der Waals surface area contributed by atoms with Crippen LogP contribution in [0.25, 0.3) is 0 Å². The first-order chi connectivity index (χ1) is 9.47. The van der Waals surface area contributed by atoms with Gasteiger partial charge < -0.3 is 24.8 Å². The lowest BCUT2D eigenvalue weighted by molar-refractivity contribution is -0.178. The second kappa shape index (κ2) is 7.45. The van der Waals surface area contributed by atoms with Crippen molar-refractivity contribution in [3.63, 3.8) is 0 Å². The van der Waals surface area contributed by atoms with Gasteiger partial charge in [-0.2, -0.15) is 0 Å². The van der Waals surface area contributed by atoms with Crippen LogP contribution in [0.2, 0.25) is 0 Å². The molecule has 0 aromatic carbocycles. The Labute approximate surface area is 118 Å². The van der Waals surface area contributed by atoms with Crippen molar-refractivity contribution in [2.75, 3.05) is 0 Å². The first-order valence-electron chi connectivity index (χ1n) is 5.57. The minimum atomic E-state index is -2.91. The number of hydrogen-bond acceptors (Lipinski definition) is 9.